The summed E-state index contributed by atoms with van der Waals surface area (Å²) in [5.74, 6) is 0.378. The average molecular weight is 439 g/mol. The van der Waals surface area contributed by atoms with Crippen molar-refractivity contribution in [2.45, 2.75) is 38.8 Å². The molecule has 8 heteroatoms. The lowest BCUT2D eigenvalue weighted by atomic mass is 10.0. The van der Waals surface area contributed by atoms with Crippen molar-refractivity contribution in [2.75, 3.05) is 17.7 Å². The van der Waals surface area contributed by atoms with Crippen LogP contribution in [-0.4, -0.2) is 33.7 Å². The van der Waals surface area contributed by atoms with E-state index in [1.54, 1.807) is 38.3 Å². The molecule has 6 nitrogen and oxygen atoms in total. The largest absolute Gasteiger partial charge is 0.497 e. The maximum Gasteiger partial charge on any atom is 0.244 e. The van der Waals surface area contributed by atoms with Gasteiger partial charge in [0.2, 0.25) is 15.9 Å². The van der Waals surface area contributed by atoms with Gasteiger partial charge in [-0.05, 0) is 54.8 Å². The van der Waals surface area contributed by atoms with Gasteiger partial charge in [-0.25, -0.2) is 8.42 Å². The van der Waals surface area contributed by atoms with Gasteiger partial charge >= 0.3 is 0 Å². The fourth-order valence-corrected chi connectivity index (χ4v) is 4.51. The number of sulfonamides is 1. The first-order chi connectivity index (χ1) is 13.7. The number of carbonyl (C=O) groups excluding carboxylic acids is 1. The molecule has 1 amide bonds. The molecule has 0 aromatic heterocycles. The number of amides is 1. The summed E-state index contributed by atoms with van der Waals surface area (Å²) in [5, 5.41) is 3.48. The number of hydrogen-bond donors (Lipinski definition) is 1. The minimum atomic E-state index is -3.69. The van der Waals surface area contributed by atoms with Gasteiger partial charge < -0.3 is 10.1 Å². The Labute approximate surface area is 177 Å². The Balaban J connectivity index is 2.30. The predicted octanol–water partition coefficient (Wildman–Crippen LogP) is 4.16. The van der Waals surface area contributed by atoms with Crippen LogP contribution in [0.1, 0.15) is 38.3 Å². The molecule has 0 spiro atoms. The van der Waals surface area contributed by atoms with Crippen molar-refractivity contribution in [3.05, 3.63) is 59.1 Å². The smallest absolute Gasteiger partial charge is 0.244 e. The van der Waals surface area contributed by atoms with Crippen LogP contribution < -0.4 is 14.4 Å². The minimum Gasteiger partial charge on any atom is -0.497 e. The highest BCUT2D eigenvalue weighted by molar-refractivity contribution is 7.92. The third kappa shape index (κ3) is 5.87. The number of nitrogens with zero attached hydrogens (tertiary/aromatic N) is 1. The number of halogens is 1. The number of benzene rings is 2. The number of ether oxygens (including phenoxy) is 1. The first kappa shape index (κ1) is 23.0. The van der Waals surface area contributed by atoms with Gasteiger partial charge in [0.25, 0.3) is 0 Å². The molecule has 0 radical (unpaired) electrons. The van der Waals surface area contributed by atoms with Gasteiger partial charge in [0.1, 0.15) is 11.8 Å². The molecule has 29 heavy (non-hydrogen) atoms. The number of carbonyl (C=O) groups is 1. The molecule has 0 unspecified atom stereocenters. The van der Waals surface area contributed by atoms with E-state index in [2.05, 4.69) is 5.32 Å². The van der Waals surface area contributed by atoms with Crippen molar-refractivity contribution < 1.29 is 17.9 Å². The normalized spacial score (nSPS) is 13.4. The first-order valence-corrected chi connectivity index (χ1v) is 11.6. The van der Waals surface area contributed by atoms with Gasteiger partial charge in [-0.3, -0.25) is 9.10 Å². The maximum absolute atomic E-state index is 13.1. The van der Waals surface area contributed by atoms with E-state index in [1.807, 2.05) is 31.2 Å². The van der Waals surface area contributed by atoms with Crippen LogP contribution in [0.5, 0.6) is 5.75 Å². The zero-order chi connectivity index (χ0) is 21.6. The summed E-state index contributed by atoms with van der Waals surface area (Å²) in [7, 11) is -2.10. The van der Waals surface area contributed by atoms with E-state index in [4.69, 9.17) is 16.3 Å². The third-order valence-electron chi connectivity index (χ3n) is 4.65. The highest BCUT2D eigenvalue weighted by Gasteiger charge is 2.32. The van der Waals surface area contributed by atoms with Crippen LogP contribution >= 0.6 is 11.6 Å². The van der Waals surface area contributed by atoms with Gasteiger partial charge in [0, 0.05) is 5.02 Å². The van der Waals surface area contributed by atoms with Crippen LogP contribution in [0.25, 0.3) is 0 Å². The van der Waals surface area contributed by atoms with Gasteiger partial charge in [-0.1, -0.05) is 37.6 Å². The molecule has 0 aliphatic heterocycles. The summed E-state index contributed by atoms with van der Waals surface area (Å²) in [6, 6.07) is 12.7. The fraction of sp³-hybridized carbons (Fsp3) is 0.381. The van der Waals surface area contributed by atoms with Crippen molar-refractivity contribution in [1.82, 2.24) is 5.32 Å². The van der Waals surface area contributed by atoms with E-state index in [0.29, 0.717) is 23.6 Å². The molecular formula is C21H27ClN2O4S. The van der Waals surface area contributed by atoms with Crippen LogP contribution in [0.15, 0.2) is 48.5 Å². The molecule has 0 bridgehead atoms. The third-order valence-corrected chi connectivity index (χ3v) is 6.09. The second-order valence-corrected chi connectivity index (χ2v) is 9.00. The molecule has 2 aromatic carbocycles. The van der Waals surface area contributed by atoms with Crippen molar-refractivity contribution in [3.8, 4) is 5.75 Å². The lowest BCUT2D eigenvalue weighted by Crippen LogP contribution is -2.50. The van der Waals surface area contributed by atoms with Gasteiger partial charge in [-0.15, -0.1) is 0 Å². The Morgan fingerprint density at radius 2 is 1.66 bits per heavy atom. The Hall–Kier alpha value is -2.25. The summed E-state index contributed by atoms with van der Waals surface area (Å²) >= 11 is 5.93. The molecule has 0 saturated carbocycles. The molecule has 2 rings (SSSR count). The Morgan fingerprint density at radius 3 is 2.10 bits per heavy atom. The predicted molar refractivity (Wildman–Crippen MR) is 117 cm³/mol. The number of rotatable bonds is 9. The maximum atomic E-state index is 13.1. The van der Waals surface area contributed by atoms with Crippen molar-refractivity contribution >= 4 is 33.2 Å². The zero-order valence-corrected chi connectivity index (χ0v) is 18.6. The van der Waals surface area contributed by atoms with Crippen LogP contribution in [0.3, 0.4) is 0 Å². The van der Waals surface area contributed by atoms with Crippen LogP contribution in [0, 0.1) is 0 Å². The summed E-state index contributed by atoms with van der Waals surface area (Å²) in [5.41, 5.74) is 1.32. The lowest BCUT2D eigenvalue weighted by molar-refractivity contribution is -0.123. The average Bonchev–Trinajstić information content (AvgIpc) is 2.70. The first-order valence-electron chi connectivity index (χ1n) is 9.40. The van der Waals surface area contributed by atoms with E-state index >= 15 is 0 Å². The second kappa shape index (κ2) is 9.98. The van der Waals surface area contributed by atoms with Crippen LogP contribution in [0.2, 0.25) is 5.02 Å². The Kier molecular flexibility index (Phi) is 7.93. The fourth-order valence-electron chi connectivity index (χ4n) is 3.17. The van der Waals surface area contributed by atoms with E-state index in [-0.39, 0.29) is 11.9 Å². The van der Waals surface area contributed by atoms with E-state index in [1.165, 1.54) is 0 Å². The van der Waals surface area contributed by atoms with Gasteiger partial charge in [-0.2, -0.15) is 0 Å². The quantitative estimate of drug-likeness (QED) is 0.637. The van der Waals surface area contributed by atoms with E-state index in [0.717, 1.165) is 21.9 Å². The summed E-state index contributed by atoms with van der Waals surface area (Å²) in [4.78, 5) is 13.1. The highest BCUT2D eigenvalue weighted by Crippen LogP contribution is 2.26. The summed E-state index contributed by atoms with van der Waals surface area (Å²) < 4.78 is 31.4. The molecule has 0 aliphatic rings. The summed E-state index contributed by atoms with van der Waals surface area (Å²) in [6.45, 7) is 3.75. The number of hydrogen-bond acceptors (Lipinski definition) is 4. The van der Waals surface area contributed by atoms with Crippen LogP contribution in [0.4, 0.5) is 5.69 Å². The zero-order valence-electron chi connectivity index (χ0n) is 17.1. The van der Waals surface area contributed by atoms with Crippen molar-refractivity contribution in [2.24, 2.45) is 0 Å². The number of anilines is 1. The Bertz CT molecular complexity index is 915. The molecule has 1 N–H and O–H groups in total. The molecular weight excluding hydrogens is 412 g/mol. The number of nitrogens with one attached hydrogen (secondary N) is 1. The highest BCUT2D eigenvalue weighted by atomic mass is 35.5. The molecule has 2 aromatic rings. The van der Waals surface area contributed by atoms with E-state index < -0.39 is 16.1 Å². The van der Waals surface area contributed by atoms with Crippen molar-refractivity contribution in [3.63, 3.8) is 0 Å². The standard InChI is InChI=1S/C21H27ClN2O4S/c1-5-19(15-7-13-18(28-3)14-8-15)23-21(25)20(6-2)24(29(4,26)27)17-11-9-16(22)10-12-17/h7-14,19-20H,5-6H2,1-4H3,(H,23,25)/t19-,20-/m1/s1. The Morgan fingerprint density at radius 1 is 1.07 bits per heavy atom. The minimum absolute atomic E-state index is 0.242. The van der Waals surface area contributed by atoms with Crippen molar-refractivity contribution in [1.29, 1.82) is 0 Å². The number of methoxy groups -OCH3 is 1. The van der Waals surface area contributed by atoms with Gasteiger partial charge in [0.05, 0.1) is 25.1 Å². The monoisotopic (exact) mass is 438 g/mol. The summed E-state index contributed by atoms with van der Waals surface area (Å²) in [6.07, 6.45) is 2.08. The molecule has 0 saturated heterocycles. The SMILES string of the molecule is CC[C@H](C(=O)N[C@H](CC)c1ccc(OC)cc1)N(c1ccc(Cl)cc1)S(C)(=O)=O. The molecule has 0 heterocycles. The molecule has 0 fully saturated rings. The lowest BCUT2D eigenvalue weighted by Gasteiger charge is -2.31. The second-order valence-electron chi connectivity index (χ2n) is 6.70. The molecule has 0 aliphatic carbocycles. The van der Waals surface area contributed by atoms with E-state index in [9.17, 15) is 13.2 Å². The molecule has 2 atom stereocenters. The van der Waals surface area contributed by atoms with Gasteiger partial charge in [0.15, 0.2) is 0 Å². The topological polar surface area (TPSA) is 75.7 Å². The molecule has 158 valence electrons. The van der Waals surface area contributed by atoms with Crippen LogP contribution in [-0.2, 0) is 14.8 Å².